The van der Waals surface area contributed by atoms with Crippen molar-refractivity contribution in [1.29, 1.82) is 0 Å². The van der Waals surface area contributed by atoms with Gasteiger partial charge in [-0.05, 0) is 67.1 Å². The van der Waals surface area contributed by atoms with Gasteiger partial charge in [0.25, 0.3) is 11.8 Å². The minimum Gasteiger partial charge on any atom is -0.493 e. The van der Waals surface area contributed by atoms with Crippen LogP contribution in [0, 0.1) is 6.92 Å². The Hall–Kier alpha value is -3.75. The summed E-state index contributed by atoms with van der Waals surface area (Å²) in [5, 5.41) is 2.66. The maximum atomic E-state index is 13.1. The van der Waals surface area contributed by atoms with Crippen LogP contribution < -0.4 is 19.7 Å². The van der Waals surface area contributed by atoms with Gasteiger partial charge in [0.1, 0.15) is 5.57 Å². The first-order chi connectivity index (χ1) is 17.4. The van der Waals surface area contributed by atoms with Crippen molar-refractivity contribution in [2.75, 3.05) is 24.4 Å². The molecular formula is C27H23ClN2O5S. The molecule has 0 bridgehead atoms. The number of barbiturate groups is 1. The number of amides is 4. The molecule has 1 aliphatic heterocycles. The molecule has 184 valence electrons. The molecule has 36 heavy (non-hydrogen) atoms. The van der Waals surface area contributed by atoms with E-state index in [4.69, 9.17) is 21.1 Å². The summed E-state index contributed by atoms with van der Waals surface area (Å²) in [5.74, 6) is 0.239. The van der Waals surface area contributed by atoms with Crippen LogP contribution in [0.2, 0.25) is 5.02 Å². The van der Waals surface area contributed by atoms with E-state index in [-0.39, 0.29) is 5.57 Å². The Morgan fingerprint density at radius 3 is 2.39 bits per heavy atom. The van der Waals surface area contributed by atoms with Crippen LogP contribution in [0.4, 0.5) is 10.5 Å². The average molecular weight is 523 g/mol. The molecule has 3 aromatic carbocycles. The van der Waals surface area contributed by atoms with E-state index in [1.165, 1.54) is 35.8 Å². The van der Waals surface area contributed by atoms with Gasteiger partial charge in [-0.3, -0.25) is 14.9 Å². The highest BCUT2D eigenvalue weighted by atomic mass is 35.5. The lowest BCUT2D eigenvalue weighted by atomic mass is 10.1. The van der Waals surface area contributed by atoms with Crippen molar-refractivity contribution in [2.24, 2.45) is 0 Å². The number of thioether (sulfide) groups is 1. The van der Waals surface area contributed by atoms with Crippen LogP contribution in [0.5, 0.6) is 11.5 Å². The third-order valence-electron chi connectivity index (χ3n) is 5.32. The Balaban J connectivity index is 1.47. The molecule has 3 aromatic rings. The molecule has 4 rings (SSSR count). The van der Waals surface area contributed by atoms with E-state index in [2.05, 4.69) is 36.5 Å². The fourth-order valence-electron chi connectivity index (χ4n) is 3.49. The lowest BCUT2D eigenvalue weighted by Gasteiger charge is -2.26. The summed E-state index contributed by atoms with van der Waals surface area (Å²) in [4.78, 5) is 39.9. The van der Waals surface area contributed by atoms with Crippen LogP contribution in [0.15, 0.2) is 77.2 Å². The van der Waals surface area contributed by atoms with Crippen LogP contribution in [0.1, 0.15) is 11.1 Å². The van der Waals surface area contributed by atoms with E-state index >= 15 is 0 Å². The molecule has 0 saturated carbocycles. The number of urea groups is 1. The van der Waals surface area contributed by atoms with Crippen molar-refractivity contribution >= 4 is 53.0 Å². The van der Waals surface area contributed by atoms with Crippen molar-refractivity contribution in [1.82, 2.24) is 5.32 Å². The number of ether oxygens (including phenoxy) is 2. The average Bonchev–Trinajstić information content (AvgIpc) is 2.87. The van der Waals surface area contributed by atoms with Gasteiger partial charge in [0.2, 0.25) is 0 Å². The highest BCUT2D eigenvalue weighted by molar-refractivity contribution is 7.99. The smallest absolute Gasteiger partial charge is 0.335 e. The fourth-order valence-corrected chi connectivity index (χ4v) is 4.34. The number of methoxy groups -OCH3 is 1. The molecule has 0 aliphatic carbocycles. The number of anilines is 1. The Labute approximate surface area is 218 Å². The van der Waals surface area contributed by atoms with E-state index < -0.39 is 17.8 Å². The Morgan fingerprint density at radius 2 is 1.69 bits per heavy atom. The molecule has 0 spiro atoms. The van der Waals surface area contributed by atoms with Gasteiger partial charge in [-0.25, -0.2) is 9.69 Å². The van der Waals surface area contributed by atoms with Crippen molar-refractivity contribution in [3.05, 3.63) is 88.5 Å². The van der Waals surface area contributed by atoms with E-state index in [0.29, 0.717) is 34.4 Å². The number of halogens is 1. The Bertz CT molecular complexity index is 1320. The molecule has 0 aromatic heterocycles. The number of imide groups is 2. The monoisotopic (exact) mass is 522 g/mol. The number of nitrogens with one attached hydrogen (secondary N) is 1. The molecule has 9 heteroatoms. The lowest BCUT2D eigenvalue weighted by Crippen LogP contribution is -2.54. The Kier molecular flexibility index (Phi) is 7.97. The number of aryl methyl sites for hydroxylation is 1. The fraction of sp³-hybridized carbons (Fsp3) is 0.148. The third-order valence-corrected chi connectivity index (χ3v) is 6.54. The van der Waals surface area contributed by atoms with Gasteiger partial charge in [0, 0.05) is 15.7 Å². The zero-order valence-electron chi connectivity index (χ0n) is 19.6. The SMILES string of the molecule is COc1cc(/C=C2/C(=O)NC(=O)N(c3ccc(Cl)cc3)C2=O)ccc1OCCSc1ccc(C)cc1. The maximum Gasteiger partial charge on any atom is 0.335 e. The van der Waals surface area contributed by atoms with Crippen molar-refractivity contribution in [3.63, 3.8) is 0 Å². The number of rotatable bonds is 8. The van der Waals surface area contributed by atoms with Gasteiger partial charge in [0.05, 0.1) is 19.4 Å². The summed E-state index contributed by atoms with van der Waals surface area (Å²) in [6.45, 7) is 2.52. The van der Waals surface area contributed by atoms with Crippen LogP contribution in [-0.2, 0) is 9.59 Å². The second kappa shape index (κ2) is 11.3. The van der Waals surface area contributed by atoms with Gasteiger partial charge >= 0.3 is 6.03 Å². The summed E-state index contributed by atoms with van der Waals surface area (Å²) in [7, 11) is 1.51. The number of carbonyl (C=O) groups is 3. The quantitative estimate of drug-likeness (QED) is 0.182. The van der Waals surface area contributed by atoms with E-state index in [1.54, 1.807) is 42.1 Å². The number of benzene rings is 3. The number of hydrogen-bond acceptors (Lipinski definition) is 6. The van der Waals surface area contributed by atoms with Gasteiger partial charge in [0.15, 0.2) is 11.5 Å². The zero-order chi connectivity index (χ0) is 25.7. The minimum absolute atomic E-state index is 0.185. The minimum atomic E-state index is -0.825. The molecule has 0 unspecified atom stereocenters. The van der Waals surface area contributed by atoms with E-state index in [9.17, 15) is 14.4 Å². The molecule has 1 heterocycles. The molecule has 1 fully saturated rings. The predicted molar refractivity (Wildman–Crippen MR) is 141 cm³/mol. The zero-order valence-corrected chi connectivity index (χ0v) is 21.2. The first-order valence-electron chi connectivity index (χ1n) is 11.0. The van der Waals surface area contributed by atoms with Crippen molar-refractivity contribution in [3.8, 4) is 11.5 Å². The summed E-state index contributed by atoms with van der Waals surface area (Å²) < 4.78 is 11.3. The van der Waals surface area contributed by atoms with Crippen LogP contribution in [0.25, 0.3) is 6.08 Å². The van der Waals surface area contributed by atoms with Gasteiger partial charge < -0.3 is 9.47 Å². The molecule has 1 N–H and O–H groups in total. The first kappa shape index (κ1) is 25.3. The Morgan fingerprint density at radius 1 is 0.972 bits per heavy atom. The summed E-state index contributed by atoms with van der Waals surface area (Å²) in [6.07, 6.45) is 1.41. The number of hydrogen-bond donors (Lipinski definition) is 1. The van der Waals surface area contributed by atoms with Gasteiger partial charge in [-0.1, -0.05) is 35.4 Å². The van der Waals surface area contributed by atoms with E-state index in [0.717, 1.165) is 10.7 Å². The molecular weight excluding hydrogens is 500 g/mol. The second-order valence-electron chi connectivity index (χ2n) is 7.85. The predicted octanol–water partition coefficient (Wildman–Crippen LogP) is 5.49. The number of nitrogens with zero attached hydrogens (tertiary/aromatic N) is 1. The summed E-state index contributed by atoms with van der Waals surface area (Å²) in [6, 6.07) is 18.7. The number of carbonyl (C=O) groups excluding carboxylic acids is 3. The molecule has 0 radical (unpaired) electrons. The maximum absolute atomic E-state index is 13.1. The first-order valence-corrected chi connectivity index (χ1v) is 12.4. The molecule has 1 saturated heterocycles. The molecule has 4 amide bonds. The summed E-state index contributed by atoms with van der Waals surface area (Å²) >= 11 is 7.60. The van der Waals surface area contributed by atoms with E-state index in [1.807, 2.05) is 0 Å². The van der Waals surface area contributed by atoms with Crippen LogP contribution in [0.3, 0.4) is 0 Å². The second-order valence-corrected chi connectivity index (χ2v) is 9.46. The lowest BCUT2D eigenvalue weighted by molar-refractivity contribution is -0.122. The van der Waals surface area contributed by atoms with Crippen LogP contribution in [-0.4, -0.2) is 37.3 Å². The van der Waals surface area contributed by atoms with Crippen LogP contribution >= 0.6 is 23.4 Å². The highest BCUT2D eigenvalue weighted by Gasteiger charge is 2.36. The van der Waals surface area contributed by atoms with Gasteiger partial charge in [-0.15, -0.1) is 11.8 Å². The standard InChI is InChI=1S/C27H23ClN2O5S/c1-17-3-10-21(11-4-17)36-14-13-35-23-12-5-18(16-24(23)34-2)15-22-25(31)29-27(33)30(26(22)32)20-8-6-19(28)7-9-20/h3-12,15-16H,13-14H2,1-2H3,(H,29,31,33)/b22-15-. The largest absolute Gasteiger partial charge is 0.493 e. The third kappa shape index (κ3) is 5.90. The molecule has 1 aliphatic rings. The normalized spacial score (nSPS) is 14.7. The molecule has 0 atom stereocenters. The highest BCUT2D eigenvalue weighted by Crippen LogP contribution is 2.30. The van der Waals surface area contributed by atoms with Crippen molar-refractivity contribution < 1.29 is 23.9 Å². The topological polar surface area (TPSA) is 84.9 Å². The van der Waals surface area contributed by atoms with Crippen molar-refractivity contribution in [2.45, 2.75) is 11.8 Å². The van der Waals surface area contributed by atoms with Gasteiger partial charge in [-0.2, -0.15) is 0 Å². The summed E-state index contributed by atoms with van der Waals surface area (Å²) in [5.41, 5.74) is 1.86. The molecule has 7 nitrogen and oxygen atoms in total.